The van der Waals surface area contributed by atoms with Gasteiger partial charge in [0.05, 0.1) is 14.2 Å². The van der Waals surface area contributed by atoms with Crippen LogP contribution in [0.4, 0.5) is 5.69 Å². The number of hydrogen-bond donors (Lipinski definition) is 0. The van der Waals surface area contributed by atoms with Gasteiger partial charge in [0.15, 0.2) is 11.6 Å². The zero-order chi connectivity index (χ0) is 22.5. The molecule has 1 heterocycles. The minimum atomic E-state index is -0.123. The van der Waals surface area contributed by atoms with Crippen molar-refractivity contribution in [2.75, 3.05) is 19.1 Å². The Labute approximate surface area is 187 Å². The average molecular weight is 425 g/mol. The molecule has 0 aromatic heterocycles. The Morgan fingerprint density at radius 2 is 1.09 bits per heavy atom. The third-order valence-electron chi connectivity index (χ3n) is 5.31. The van der Waals surface area contributed by atoms with Gasteiger partial charge in [0, 0.05) is 46.8 Å². The minimum Gasteiger partial charge on any atom is -0.497 e. The second kappa shape index (κ2) is 9.35. The van der Waals surface area contributed by atoms with Crippen LogP contribution in [-0.4, -0.2) is 25.8 Å². The van der Waals surface area contributed by atoms with Crippen molar-refractivity contribution in [3.05, 3.63) is 114 Å². The fourth-order valence-corrected chi connectivity index (χ4v) is 3.55. The molecule has 0 saturated heterocycles. The van der Waals surface area contributed by atoms with Crippen molar-refractivity contribution in [2.24, 2.45) is 0 Å². The highest BCUT2D eigenvalue weighted by atomic mass is 16.5. The zero-order valence-corrected chi connectivity index (χ0v) is 17.9. The van der Waals surface area contributed by atoms with Crippen LogP contribution < -0.4 is 14.4 Å². The monoisotopic (exact) mass is 425 g/mol. The molecule has 160 valence electrons. The van der Waals surface area contributed by atoms with Crippen molar-refractivity contribution in [2.45, 2.75) is 6.42 Å². The van der Waals surface area contributed by atoms with Gasteiger partial charge in [-0.3, -0.25) is 9.59 Å². The fraction of sp³-hybridized carbons (Fsp3) is 0.111. The number of allylic oxidation sites excluding steroid dienone is 2. The summed E-state index contributed by atoms with van der Waals surface area (Å²) in [7, 11) is 3.17. The first kappa shape index (κ1) is 21.1. The van der Waals surface area contributed by atoms with Crippen molar-refractivity contribution in [1.29, 1.82) is 0 Å². The first-order chi connectivity index (χ1) is 15.6. The van der Waals surface area contributed by atoms with Gasteiger partial charge in [-0.05, 0) is 60.7 Å². The lowest BCUT2D eigenvalue weighted by molar-refractivity contribution is 0.102. The average Bonchev–Trinajstić information content (AvgIpc) is 2.88. The number of carbonyl (C=O) groups excluding carboxylic acids is 2. The molecule has 0 N–H and O–H groups in total. The number of ketones is 2. The maximum Gasteiger partial charge on any atom is 0.190 e. The second-order valence-electron chi connectivity index (χ2n) is 7.34. The predicted octanol–water partition coefficient (Wildman–Crippen LogP) is 5.45. The Bertz CT molecular complexity index is 1100. The highest BCUT2D eigenvalue weighted by Crippen LogP contribution is 2.29. The van der Waals surface area contributed by atoms with Gasteiger partial charge in [0.1, 0.15) is 11.5 Å². The number of benzene rings is 3. The Morgan fingerprint density at radius 3 is 1.50 bits per heavy atom. The molecular formula is C27H23NO4. The van der Waals surface area contributed by atoms with Crippen LogP contribution in [-0.2, 0) is 0 Å². The Morgan fingerprint density at radius 1 is 0.656 bits per heavy atom. The standard InChI is InChI=1S/C27H23NO4/c1-31-24-12-8-19(9-13-24)26(29)21-16-22(18-28(17-21)23-6-4-3-5-7-23)27(30)20-10-14-25(32-2)15-11-20/h3-15,17-18H,16H2,1-2H3. The van der Waals surface area contributed by atoms with Gasteiger partial charge in [0.25, 0.3) is 0 Å². The highest BCUT2D eigenvalue weighted by molar-refractivity contribution is 6.14. The normalized spacial score (nSPS) is 13.1. The molecule has 5 heteroatoms. The van der Waals surface area contributed by atoms with Gasteiger partial charge in [0.2, 0.25) is 0 Å². The number of Topliss-reactive ketones (excluding diaryl/α,β-unsaturated/α-hetero) is 2. The topological polar surface area (TPSA) is 55.8 Å². The van der Waals surface area contributed by atoms with Crippen LogP contribution in [0.15, 0.2) is 102 Å². The van der Waals surface area contributed by atoms with Crippen LogP contribution in [0.5, 0.6) is 11.5 Å². The van der Waals surface area contributed by atoms with E-state index < -0.39 is 0 Å². The molecule has 0 fully saturated rings. The van der Waals surface area contributed by atoms with Crippen LogP contribution in [0.3, 0.4) is 0 Å². The van der Waals surface area contributed by atoms with Crippen molar-refractivity contribution in [1.82, 2.24) is 0 Å². The number of ether oxygens (including phenoxy) is 2. The summed E-state index contributed by atoms with van der Waals surface area (Å²) in [6, 6.07) is 23.6. The molecular weight excluding hydrogens is 402 g/mol. The van der Waals surface area contributed by atoms with Gasteiger partial charge >= 0.3 is 0 Å². The van der Waals surface area contributed by atoms with Gasteiger partial charge < -0.3 is 14.4 Å². The molecule has 3 aromatic rings. The molecule has 1 aliphatic heterocycles. The number of methoxy groups -OCH3 is 2. The molecule has 0 amide bonds. The summed E-state index contributed by atoms with van der Waals surface area (Å²) < 4.78 is 10.4. The van der Waals surface area contributed by atoms with Crippen molar-refractivity contribution in [3.8, 4) is 11.5 Å². The van der Waals surface area contributed by atoms with E-state index in [4.69, 9.17) is 9.47 Å². The Kier molecular flexibility index (Phi) is 6.17. The van der Waals surface area contributed by atoms with E-state index in [2.05, 4.69) is 0 Å². The molecule has 0 bridgehead atoms. The Balaban J connectivity index is 1.68. The number of hydrogen-bond acceptors (Lipinski definition) is 5. The summed E-state index contributed by atoms with van der Waals surface area (Å²) in [6.45, 7) is 0. The number of anilines is 1. The van der Waals surface area contributed by atoms with Crippen molar-refractivity contribution >= 4 is 17.3 Å². The molecule has 0 atom stereocenters. The number of rotatable bonds is 7. The lowest BCUT2D eigenvalue weighted by Crippen LogP contribution is -2.21. The largest absolute Gasteiger partial charge is 0.497 e. The Hall–Kier alpha value is -4.12. The number of para-hydroxylation sites is 1. The summed E-state index contributed by atoms with van der Waals surface area (Å²) in [6.07, 6.45) is 3.85. The molecule has 3 aromatic carbocycles. The van der Waals surface area contributed by atoms with Crippen molar-refractivity contribution in [3.63, 3.8) is 0 Å². The third-order valence-corrected chi connectivity index (χ3v) is 5.31. The highest BCUT2D eigenvalue weighted by Gasteiger charge is 2.24. The maximum atomic E-state index is 13.3. The lowest BCUT2D eigenvalue weighted by atomic mass is 9.91. The molecule has 0 saturated carbocycles. The summed E-state index contributed by atoms with van der Waals surface area (Å²) >= 11 is 0. The fourth-order valence-electron chi connectivity index (χ4n) is 3.55. The van der Waals surface area contributed by atoms with E-state index in [1.165, 1.54) is 0 Å². The molecule has 0 aliphatic carbocycles. The SMILES string of the molecule is COc1ccc(C(=O)C2=CN(c3ccccc3)C=C(C(=O)c3ccc(OC)cc3)C2)cc1. The molecule has 1 aliphatic rings. The number of carbonyl (C=O) groups is 2. The molecule has 32 heavy (non-hydrogen) atoms. The minimum absolute atomic E-state index is 0.123. The van der Waals surface area contributed by atoms with E-state index in [1.54, 1.807) is 75.2 Å². The maximum absolute atomic E-state index is 13.3. The van der Waals surface area contributed by atoms with Crippen LogP contribution >= 0.6 is 0 Å². The molecule has 5 nitrogen and oxygen atoms in total. The second-order valence-corrected chi connectivity index (χ2v) is 7.34. The van der Waals surface area contributed by atoms with Gasteiger partial charge in [-0.15, -0.1) is 0 Å². The first-order valence-corrected chi connectivity index (χ1v) is 10.2. The smallest absolute Gasteiger partial charge is 0.190 e. The van der Waals surface area contributed by atoms with Crippen LogP contribution in [0, 0.1) is 0 Å². The third kappa shape index (κ3) is 4.47. The molecule has 0 spiro atoms. The van der Waals surface area contributed by atoms with E-state index in [-0.39, 0.29) is 18.0 Å². The van der Waals surface area contributed by atoms with Crippen LogP contribution in [0.2, 0.25) is 0 Å². The lowest BCUT2D eigenvalue weighted by Gasteiger charge is -2.25. The van der Waals surface area contributed by atoms with E-state index in [1.807, 2.05) is 35.2 Å². The van der Waals surface area contributed by atoms with Crippen LogP contribution in [0.25, 0.3) is 0 Å². The van der Waals surface area contributed by atoms with E-state index in [0.29, 0.717) is 33.8 Å². The van der Waals surface area contributed by atoms with Gasteiger partial charge in [-0.2, -0.15) is 0 Å². The molecule has 4 rings (SSSR count). The van der Waals surface area contributed by atoms with E-state index in [9.17, 15) is 9.59 Å². The quantitative estimate of drug-likeness (QED) is 0.471. The molecule has 0 unspecified atom stereocenters. The molecule has 0 radical (unpaired) electrons. The predicted molar refractivity (Wildman–Crippen MR) is 124 cm³/mol. The first-order valence-electron chi connectivity index (χ1n) is 10.2. The van der Waals surface area contributed by atoms with Crippen LogP contribution in [0.1, 0.15) is 27.1 Å². The van der Waals surface area contributed by atoms with Gasteiger partial charge in [-0.1, -0.05) is 18.2 Å². The summed E-state index contributed by atoms with van der Waals surface area (Å²) in [5.41, 5.74) is 3.04. The summed E-state index contributed by atoms with van der Waals surface area (Å²) in [5, 5.41) is 0. The van der Waals surface area contributed by atoms with Crippen molar-refractivity contribution < 1.29 is 19.1 Å². The summed E-state index contributed by atoms with van der Waals surface area (Å²) in [4.78, 5) is 28.4. The number of nitrogens with zero attached hydrogens (tertiary/aromatic N) is 1. The zero-order valence-electron chi connectivity index (χ0n) is 17.9. The van der Waals surface area contributed by atoms with E-state index >= 15 is 0 Å². The van der Waals surface area contributed by atoms with Gasteiger partial charge in [-0.25, -0.2) is 0 Å². The summed E-state index contributed by atoms with van der Waals surface area (Å²) in [5.74, 6) is 1.11. The van der Waals surface area contributed by atoms with E-state index in [0.717, 1.165) is 5.69 Å².